The Morgan fingerprint density at radius 3 is 2.62 bits per heavy atom. The second-order valence-electron chi connectivity index (χ2n) is 5.04. The van der Waals surface area contributed by atoms with Gasteiger partial charge in [0, 0.05) is 6.07 Å². The number of nitrogens with one attached hydrogen (secondary N) is 1. The number of nitrogens with two attached hydrogens (primary N) is 1. The molecular weight excluding hydrogens is 307 g/mol. The maximum absolute atomic E-state index is 14.0. The molecule has 1 aromatic heterocycles. The first kappa shape index (κ1) is 15.7. The van der Waals surface area contributed by atoms with Gasteiger partial charge in [-0.05, 0) is 31.2 Å². The minimum absolute atomic E-state index is 0.226. The number of hydrogen-bond acceptors (Lipinski definition) is 5. The molecule has 0 saturated carbocycles. The smallest absolute Gasteiger partial charge is 0.166 e. The van der Waals surface area contributed by atoms with Crippen LogP contribution in [0.4, 0.5) is 21.7 Å². The highest BCUT2D eigenvalue weighted by Gasteiger charge is 2.11. The van der Waals surface area contributed by atoms with Gasteiger partial charge in [0.05, 0.1) is 17.9 Å². The number of benzene rings is 2. The molecule has 5 nitrogen and oxygen atoms in total. The molecule has 0 atom stereocenters. The van der Waals surface area contributed by atoms with E-state index in [9.17, 15) is 4.39 Å². The van der Waals surface area contributed by atoms with E-state index in [-0.39, 0.29) is 11.6 Å². The zero-order valence-corrected chi connectivity index (χ0v) is 13.2. The minimum atomic E-state index is -0.399. The van der Waals surface area contributed by atoms with Gasteiger partial charge in [0.2, 0.25) is 0 Å². The second-order valence-corrected chi connectivity index (χ2v) is 5.04. The zero-order chi connectivity index (χ0) is 16.9. The van der Waals surface area contributed by atoms with Crippen molar-refractivity contribution >= 4 is 17.3 Å². The monoisotopic (exact) mass is 324 g/mol. The van der Waals surface area contributed by atoms with Gasteiger partial charge in [0.1, 0.15) is 23.2 Å². The number of nitrogen functional groups attached to an aromatic ring is 1. The van der Waals surface area contributed by atoms with E-state index in [0.29, 0.717) is 23.7 Å². The third kappa shape index (κ3) is 3.43. The summed E-state index contributed by atoms with van der Waals surface area (Å²) in [7, 11) is 0. The molecule has 0 unspecified atom stereocenters. The van der Waals surface area contributed by atoms with Crippen LogP contribution in [0.3, 0.4) is 0 Å². The number of ether oxygens (including phenoxy) is 1. The molecule has 122 valence electrons. The SMILES string of the molecule is CCOc1ccccc1Nc1cc(N)nc(-c2ccccc2F)n1. The Balaban J connectivity index is 1.97. The molecule has 0 fully saturated rings. The van der Waals surface area contributed by atoms with Crippen molar-refractivity contribution in [1.29, 1.82) is 0 Å². The maximum Gasteiger partial charge on any atom is 0.166 e. The second kappa shape index (κ2) is 6.95. The van der Waals surface area contributed by atoms with Crippen LogP contribution >= 0.6 is 0 Å². The molecule has 6 heteroatoms. The van der Waals surface area contributed by atoms with E-state index in [2.05, 4.69) is 15.3 Å². The molecule has 24 heavy (non-hydrogen) atoms. The number of para-hydroxylation sites is 2. The fraction of sp³-hybridized carbons (Fsp3) is 0.111. The fourth-order valence-electron chi connectivity index (χ4n) is 2.28. The molecule has 2 aromatic carbocycles. The normalized spacial score (nSPS) is 10.4. The summed E-state index contributed by atoms with van der Waals surface area (Å²) in [5.41, 5.74) is 6.90. The highest BCUT2D eigenvalue weighted by molar-refractivity contribution is 5.68. The Labute approximate surface area is 139 Å². The van der Waals surface area contributed by atoms with Crippen molar-refractivity contribution in [2.24, 2.45) is 0 Å². The van der Waals surface area contributed by atoms with Gasteiger partial charge in [-0.3, -0.25) is 0 Å². The number of hydrogen-bond donors (Lipinski definition) is 2. The van der Waals surface area contributed by atoms with Crippen LogP contribution in [0.25, 0.3) is 11.4 Å². The molecule has 0 radical (unpaired) electrons. The summed E-state index contributed by atoms with van der Waals surface area (Å²) in [4.78, 5) is 8.48. The van der Waals surface area contributed by atoms with Gasteiger partial charge < -0.3 is 15.8 Å². The molecule has 3 rings (SSSR count). The first-order valence-electron chi connectivity index (χ1n) is 7.55. The molecular formula is C18H17FN4O. The molecule has 1 heterocycles. The van der Waals surface area contributed by atoms with E-state index < -0.39 is 5.82 Å². The predicted molar refractivity (Wildman–Crippen MR) is 92.7 cm³/mol. The molecule has 3 N–H and O–H groups in total. The van der Waals surface area contributed by atoms with Crippen LogP contribution in [0.15, 0.2) is 54.6 Å². The first-order chi connectivity index (χ1) is 11.7. The lowest BCUT2D eigenvalue weighted by Crippen LogP contribution is -2.03. The maximum atomic E-state index is 14.0. The first-order valence-corrected chi connectivity index (χ1v) is 7.55. The molecule has 3 aromatic rings. The lowest BCUT2D eigenvalue weighted by atomic mass is 10.2. The summed E-state index contributed by atoms with van der Waals surface area (Å²) in [5.74, 6) is 1.24. The average Bonchev–Trinajstić information content (AvgIpc) is 2.57. The van der Waals surface area contributed by atoms with E-state index in [1.165, 1.54) is 6.07 Å². The van der Waals surface area contributed by atoms with Gasteiger partial charge in [0.15, 0.2) is 5.82 Å². The van der Waals surface area contributed by atoms with E-state index in [4.69, 9.17) is 10.5 Å². The number of anilines is 3. The van der Waals surface area contributed by atoms with Gasteiger partial charge in [-0.25, -0.2) is 14.4 Å². The van der Waals surface area contributed by atoms with E-state index in [1.807, 2.05) is 31.2 Å². The van der Waals surface area contributed by atoms with Gasteiger partial charge in [0.25, 0.3) is 0 Å². The molecule has 0 aliphatic rings. The molecule has 0 aliphatic heterocycles. The predicted octanol–water partition coefficient (Wildman–Crippen LogP) is 4.01. The molecule has 0 amide bonds. The third-order valence-corrected chi connectivity index (χ3v) is 3.31. The van der Waals surface area contributed by atoms with E-state index in [0.717, 1.165) is 5.69 Å². The van der Waals surface area contributed by atoms with Gasteiger partial charge in [-0.2, -0.15) is 0 Å². The van der Waals surface area contributed by atoms with Gasteiger partial charge >= 0.3 is 0 Å². The highest BCUT2D eigenvalue weighted by Crippen LogP contribution is 2.28. The van der Waals surface area contributed by atoms with Crippen molar-refractivity contribution in [2.75, 3.05) is 17.7 Å². The number of rotatable bonds is 5. The number of aromatic nitrogens is 2. The summed E-state index contributed by atoms with van der Waals surface area (Å²) >= 11 is 0. The van der Waals surface area contributed by atoms with Crippen LogP contribution in [0, 0.1) is 5.82 Å². The molecule has 0 spiro atoms. The zero-order valence-electron chi connectivity index (χ0n) is 13.2. The lowest BCUT2D eigenvalue weighted by molar-refractivity contribution is 0.342. The Morgan fingerprint density at radius 2 is 1.83 bits per heavy atom. The summed E-state index contributed by atoms with van der Waals surface area (Å²) < 4.78 is 19.5. The number of nitrogens with zero attached hydrogens (tertiary/aromatic N) is 2. The summed E-state index contributed by atoms with van der Waals surface area (Å²) in [6.45, 7) is 2.46. The van der Waals surface area contributed by atoms with Gasteiger partial charge in [-0.1, -0.05) is 24.3 Å². The average molecular weight is 324 g/mol. The summed E-state index contributed by atoms with van der Waals surface area (Å²) in [6, 6.07) is 15.4. The van der Waals surface area contributed by atoms with Crippen LogP contribution in [-0.2, 0) is 0 Å². The molecule has 0 aliphatic carbocycles. The number of halogens is 1. The minimum Gasteiger partial charge on any atom is -0.492 e. The van der Waals surface area contributed by atoms with Crippen LogP contribution in [0.1, 0.15) is 6.92 Å². The quantitative estimate of drug-likeness (QED) is 0.742. The van der Waals surface area contributed by atoms with E-state index >= 15 is 0 Å². The summed E-state index contributed by atoms with van der Waals surface area (Å²) in [6.07, 6.45) is 0. The highest BCUT2D eigenvalue weighted by atomic mass is 19.1. The van der Waals surface area contributed by atoms with Crippen molar-refractivity contribution in [3.8, 4) is 17.1 Å². The van der Waals surface area contributed by atoms with Crippen LogP contribution < -0.4 is 15.8 Å². The van der Waals surface area contributed by atoms with Crippen LogP contribution in [-0.4, -0.2) is 16.6 Å². The van der Waals surface area contributed by atoms with Crippen molar-refractivity contribution in [3.63, 3.8) is 0 Å². The molecule has 0 saturated heterocycles. The van der Waals surface area contributed by atoms with E-state index in [1.54, 1.807) is 24.3 Å². The van der Waals surface area contributed by atoms with Gasteiger partial charge in [-0.15, -0.1) is 0 Å². The fourth-order valence-corrected chi connectivity index (χ4v) is 2.28. The Morgan fingerprint density at radius 1 is 1.08 bits per heavy atom. The molecule has 0 bridgehead atoms. The lowest BCUT2D eigenvalue weighted by Gasteiger charge is -2.13. The van der Waals surface area contributed by atoms with Crippen molar-refractivity contribution in [2.45, 2.75) is 6.92 Å². The van der Waals surface area contributed by atoms with Crippen LogP contribution in [0.5, 0.6) is 5.75 Å². The topological polar surface area (TPSA) is 73.1 Å². The Bertz CT molecular complexity index is 854. The largest absolute Gasteiger partial charge is 0.492 e. The summed E-state index contributed by atoms with van der Waals surface area (Å²) in [5, 5.41) is 3.15. The Kier molecular flexibility index (Phi) is 4.56. The van der Waals surface area contributed by atoms with Crippen molar-refractivity contribution in [3.05, 3.63) is 60.4 Å². The Hall–Kier alpha value is -3.15. The van der Waals surface area contributed by atoms with Crippen LogP contribution in [0.2, 0.25) is 0 Å². The van der Waals surface area contributed by atoms with Crippen molar-refractivity contribution < 1.29 is 9.13 Å². The standard InChI is InChI=1S/C18H17FN4O/c1-2-24-15-10-6-5-9-14(15)21-17-11-16(20)22-18(23-17)12-7-3-4-8-13(12)19/h3-11H,2H2,1H3,(H3,20,21,22,23). The van der Waals surface area contributed by atoms with Crippen molar-refractivity contribution in [1.82, 2.24) is 9.97 Å². The third-order valence-electron chi connectivity index (χ3n) is 3.31.